The van der Waals surface area contributed by atoms with Gasteiger partial charge < -0.3 is 16.0 Å². The van der Waals surface area contributed by atoms with E-state index in [1.807, 2.05) is 42.5 Å². The van der Waals surface area contributed by atoms with Crippen LogP contribution in [0.15, 0.2) is 71.2 Å². The Labute approximate surface area is 189 Å². The van der Waals surface area contributed by atoms with E-state index in [0.717, 1.165) is 15.2 Å². The molecule has 0 unspecified atom stereocenters. The maximum atomic E-state index is 12.3. The first-order chi connectivity index (χ1) is 15.0. The topological polar surface area (TPSA) is 87.3 Å². The summed E-state index contributed by atoms with van der Waals surface area (Å²) in [5, 5.41) is 10.5. The minimum Gasteiger partial charge on any atom is -0.356 e. The lowest BCUT2D eigenvalue weighted by Gasteiger charge is -2.08. The number of rotatable bonds is 9. The van der Waals surface area contributed by atoms with Crippen LogP contribution in [0.4, 0.5) is 0 Å². The molecule has 0 fully saturated rings. The Bertz CT molecular complexity index is 1080. The molecule has 0 atom stereocenters. The van der Waals surface area contributed by atoms with Gasteiger partial charge in [0.25, 0.3) is 11.8 Å². The summed E-state index contributed by atoms with van der Waals surface area (Å²) in [6.45, 7) is 1.18. The van der Waals surface area contributed by atoms with Gasteiger partial charge in [-0.15, -0.1) is 0 Å². The Balaban J connectivity index is 1.30. The Morgan fingerprint density at radius 1 is 0.677 bits per heavy atom. The smallest absolute Gasteiger partial charge is 0.251 e. The summed E-state index contributed by atoms with van der Waals surface area (Å²) in [4.78, 5) is 36.3. The number of benzene rings is 3. The van der Waals surface area contributed by atoms with Gasteiger partial charge >= 0.3 is 0 Å². The summed E-state index contributed by atoms with van der Waals surface area (Å²) >= 11 is 3.34. The second-order valence-corrected chi connectivity index (χ2v) is 7.95. The number of amides is 3. The van der Waals surface area contributed by atoms with Gasteiger partial charge in [-0.05, 0) is 47.5 Å². The van der Waals surface area contributed by atoms with Crippen LogP contribution in [0.3, 0.4) is 0 Å². The summed E-state index contributed by atoms with van der Waals surface area (Å²) in [5.41, 5.74) is 1.15. The van der Waals surface area contributed by atoms with Gasteiger partial charge in [-0.2, -0.15) is 0 Å². The van der Waals surface area contributed by atoms with E-state index in [9.17, 15) is 14.4 Å². The molecule has 31 heavy (non-hydrogen) atoms. The van der Waals surface area contributed by atoms with Gasteiger partial charge in [0.05, 0.1) is 0 Å². The van der Waals surface area contributed by atoms with Gasteiger partial charge in [-0.25, -0.2) is 0 Å². The molecule has 7 heteroatoms. The van der Waals surface area contributed by atoms with Gasteiger partial charge in [0, 0.05) is 41.7 Å². The van der Waals surface area contributed by atoms with E-state index in [1.54, 1.807) is 24.3 Å². The molecule has 0 aromatic heterocycles. The average Bonchev–Trinajstić information content (AvgIpc) is 2.78. The Morgan fingerprint density at radius 3 is 2.13 bits per heavy atom. The lowest BCUT2D eigenvalue weighted by Crippen LogP contribution is -2.32. The Kier molecular flexibility index (Phi) is 8.18. The predicted molar refractivity (Wildman–Crippen MR) is 125 cm³/mol. The van der Waals surface area contributed by atoms with Gasteiger partial charge in [-0.1, -0.05) is 52.3 Å². The van der Waals surface area contributed by atoms with Crippen molar-refractivity contribution < 1.29 is 14.4 Å². The second kappa shape index (κ2) is 11.3. The summed E-state index contributed by atoms with van der Waals surface area (Å²) < 4.78 is 0.847. The highest BCUT2D eigenvalue weighted by atomic mass is 79.9. The largest absolute Gasteiger partial charge is 0.356 e. The van der Waals surface area contributed by atoms with E-state index in [0.29, 0.717) is 30.6 Å². The van der Waals surface area contributed by atoms with Crippen molar-refractivity contribution >= 4 is 44.4 Å². The van der Waals surface area contributed by atoms with Crippen LogP contribution in [0.5, 0.6) is 0 Å². The van der Waals surface area contributed by atoms with Gasteiger partial charge in [0.15, 0.2) is 0 Å². The first-order valence-corrected chi connectivity index (χ1v) is 10.9. The highest BCUT2D eigenvalue weighted by molar-refractivity contribution is 9.10. The van der Waals surface area contributed by atoms with E-state index in [1.165, 1.54) is 0 Å². The first-order valence-electron chi connectivity index (χ1n) is 10.1. The monoisotopic (exact) mass is 481 g/mol. The van der Waals surface area contributed by atoms with E-state index >= 15 is 0 Å². The van der Waals surface area contributed by atoms with Crippen LogP contribution in [0.1, 0.15) is 33.6 Å². The van der Waals surface area contributed by atoms with Crippen LogP contribution in [0.25, 0.3) is 10.8 Å². The third kappa shape index (κ3) is 6.93. The SMILES string of the molecule is O=C(CCNC(=O)c1ccc2ccccc2c1)NCCCNC(=O)c1cccc(Br)c1. The molecular formula is C24H24BrN3O3. The third-order valence-corrected chi connectivity index (χ3v) is 5.19. The number of fused-ring (bicyclic) bond motifs is 1. The van der Waals surface area contributed by atoms with Gasteiger partial charge in [0.2, 0.25) is 5.91 Å². The number of nitrogens with one attached hydrogen (secondary N) is 3. The van der Waals surface area contributed by atoms with Gasteiger partial charge in [0.1, 0.15) is 0 Å². The zero-order valence-corrected chi connectivity index (χ0v) is 18.6. The van der Waals surface area contributed by atoms with Crippen molar-refractivity contribution in [2.45, 2.75) is 12.8 Å². The first kappa shape index (κ1) is 22.5. The molecule has 0 radical (unpaired) electrons. The lowest BCUT2D eigenvalue weighted by molar-refractivity contribution is -0.120. The normalized spacial score (nSPS) is 10.5. The number of hydrogen-bond donors (Lipinski definition) is 3. The highest BCUT2D eigenvalue weighted by Crippen LogP contribution is 2.15. The van der Waals surface area contributed by atoms with Crippen LogP contribution in [0, 0.1) is 0 Å². The molecule has 3 amide bonds. The van der Waals surface area contributed by atoms with E-state index in [4.69, 9.17) is 0 Å². The molecule has 0 spiro atoms. The summed E-state index contributed by atoms with van der Waals surface area (Å²) in [6.07, 6.45) is 0.818. The molecular weight excluding hydrogens is 458 g/mol. The molecule has 3 rings (SSSR count). The van der Waals surface area contributed by atoms with Crippen molar-refractivity contribution in [1.82, 2.24) is 16.0 Å². The van der Waals surface area contributed by atoms with Crippen molar-refractivity contribution in [2.75, 3.05) is 19.6 Å². The zero-order valence-electron chi connectivity index (χ0n) is 17.0. The van der Waals surface area contributed by atoms with Crippen LogP contribution >= 0.6 is 15.9 Å². The summed E-state index contributed by atoms with van der Waals surface area (Å²) in [7, 11) is 0. The fourth-order valence-electron chi connectivity index (χ4n) is 3.06. The predicted octanol–water partition coefficient (Wildman–Crippen LogP) is 3.66. The molecule has 160 valence electrons. The summed E-state index contributed by atoms with van der Waals surface area (Å²) in [5.74, 6) is -0.491. The maximum Gasteiger partial charge on any atom is 0.251 e. The van der Waals surface area contributed by atoms with Crippen molar-refractivity contribution in [3.8, 4) is 0 Å². The number of hydrogen-bond acceptors (Lipinski definition) is 3. The molecule has 0 bridgehead atoms. The fourth-order valence-corrected chi connectivity index (χ4v) is 3.46. The molecule has 6 nitrogen and oxygen atoms in total. The number of halogens is 1. The van der Waals surface area contributed by atoms with Crippen molar-refractivity contribution in [1.29, 1.82) is 0 Å². The third-order valence-electron chi connectivity index (χ3n) is 4.70. The fraction of sp³-hybridized carbons (Fsp3) is 0.208. The molecule has 0 aliphatic heterocycles. The number of carbonyl (C=O) groups is 3. The molecule has 3 aromatic carbocycles. The van der Waals surface area contributed by atoms with Crippen LogP contribution in [-0.2, 0) is 4.79 Å². The van der Waals surface area contributed by atoms with E-state index in [-0.39, 0.29) is 30.7 Å². The van der Waals surface area contributed by atoms with Crippen molar-refractivity contribution in [3.63, 3.8) is 0 Å². The van der Waals surface area contributed by atoms with Crippen LogP contribution in [-0.4, -0.2) is 37.4 Å². The zero-order chi connectivity index (χ0) is 22.1. The second-order valence-electron chi connectivity index (χ2n) is 7.04. The lowest BCUT2D eigenvalue weighted by atomic mass is 10.1. The quantitative estimate of drug-likeness (QED) is 0.407. The average molecular weight is 482 g/mol. The maximum absolute atomic E-state index is 12.3. The van der Waals surface area contributed by atoms with Gasteiger partial charge in [-0.3, -0.25) is 14.4 Å². The Hall–Kier alpha value is -3.19. The van der Waals surface area contributed by atoms with E-state index in [2.05, 4.69) is 31.9 Å². The summed E-state index contributed by atoms with van der Waals surface area (Å²) in [6, 6.07) is 20.5. The van der Waals surface area contributed by atoms with Crippen molar-refractivity contribution in [2.24, 2.45) is 0 Å². The molecule has 0 aliphatic carbocycles. The highest BCUT2D eigenvalue weighted by Gasteiger charge is 2.08. The molecule has 3 aromatic rings. The molecule has 0 saturated heterocycles. The minimum absolute atomic E-state index is 0.142. The molecule has 0 aliphatic rings. The van der Waals surface area contributed by atoms with Crippen molar-refractivity contribution in [3.05, 3.63) is 82.3 Å². The number of carbonyl (C=O) groups excluding carboxylic acids is 3. The Morgan fingerprint density at radius 2 is 1.35 bits per heavy atom. The van der Waals surface area contributed by atoms with E-state index < -0.39 is 0 Å². The molecule has 0 heterocycles. The van der Waals surface area contributed by atoms with Crippen LogP contribution < -0.4 is 16.0 Å². The molecule has 3 N–H and O–H groups in total. The molecule has 0 saturated carbocycles. The van der Waals surface area contributed by atoms with Crippen LogP contribution in [0.2, 0.25) is 0 Å². The standard InChI is InChI=1S/C24H24BrN3O3/c25-21-8-3-7-19(16-21)23(30)27-13-4-12-26-22(29)11-14-28-24(31)20-10-9-17-5-1-2-6-18(17)15-20/h1-3,5-10,15-16H,4,11-14H2,(H,26,29)(H,27,30)(H,28,31). The minimum atomic E-state index is -0.200.